The van der Waals surface area contributed by atoms with Gasteiger partial charge in [-0.15, -0.1) is 0 Å². The maximum Gasteiger partial charge on any atom is 0.275 e. The van der Waals surface area contributed by atoms with Crippen molar-refractivity contribution in [3.05, 3.63) is 41.6 Å². The molecule has 4 N–H and O–H groups in total. The minimum absolute atomic E-state index is 0.0178. The molecule has 3 aromatic rings. The Balaban J connectivity index is 2.10. The molecule has 164 valence electrons. The van der Waals surface area contributed by atoms with E-state index in [9.17, 15) is 20.1 Å². The Bertz CT molecular complexity index is 1140. The van der Waals surface area contributed by atoms with Crippen LogP contribution in [0.4, 0.5) is 17.2 Å². The van der Waals surface area contributed by atoms with Gasteiger partial charge in [0.2, 0.25) is 11.8 Å². The highest BCUT2D eigenvalue weighted by Gasteiger charge is 2.27. The summed E-state index contributed by atoms with van der Waals surface area (Å²) in [6, 6.07) is 9.47. The van der Waals surface area contributed by atoms with E-state index in [0.717, 1.165) is 10.1 Å². The Labute approximate surface area is 179 Å². The molecule has 0 saturated heterocycles. The van der Waals surface area contributed by atoms with Gasteiger partial charge in [-0.3, -0.25) is 14.0 Å². The van der Waals surface area contributed by atoms with E-state index in [1.165, 1.54) is 23.7 Å². The molecule has 0 fully saturated rings. The fourth-order valence-corrected chi connectivity index (χ4v) is 3.15. The molecule has 1 aromatic carbocycles. The van der Waals surface area contributed by atoms with Gasteiger partial charge >= 0.3 is 0 Å². The van der Waals surface area contributed by atoms with Gasteiger partial charge in [0, 0.05) is 33.9 Å². The third kappa shape index (κ3) is 3.91. The summed E-state index contributed by atoms with van der Waals surface area (Å²) in [6.45, 7) is 1.93. The minimum Gasteiger partial charge on any atom is -0.503 e. The fraction of sp³-hybridized carbons (Fsp3) is 0.286. The SMILES string of the molecule is CCC(=Nc1c(Nc2nn(C)c(C(=O)N(C)C)c2O)c(O)n(C)c1O)c1ccccc1. The lowest BCUT2D eigenvalue weighted by atomic mass is 10.1. The number of hydrogen-bond acceptors (Lipinski definition) is 7. The van der Waals surface area contributed by atoms with Crippen molar-refractivity contribution < 1.29 is 20.1 Å². The van der Waals surface area contributed by atoms with E-state index < -0.39 is 5.91 Å². The Hall–Kier alpha value is -3.95. The quantitative estimate of drug-likeness (QED) is 0.449. The molecule has 2 aromatic heterocycles. The van der Waals surface area contributed by atoms with Gasteiger partial charge in [0.25, 0.3) is 5.91 Å². The summed E-state index contributed by atoms with van der Waals surface area (Å²) in [5.41, 5.74) is 1.69. The Morgan fingerprint density at radius 3 is 2.35 bits per heavy atom. The summed E-state index contributed by atoms with van der Waals surface area (Å²) in [5.74, 6) is -1.43. The maximum atomic E-state index is 12.3. The molecule has 10 nitrogen and oxygen atoms in total. The number of hydrogen-bond donors (Lipinski definition) is 4. The predicted octanol–water partition coefficient (Wildman–Crippen LogP) is 2.85. The smallest absolute Gasteiger partial charge is 0.275 e. The van der Waals surface area contributed by atoms with Crippen molar-refractivity contribution in [2.24, 2.45) is 19.1 Å². The number of aromatic nitrogens is 3. The molecule has 31 heavy (non-hydrogen) atoms. The largest absolute Gasteiger partial charge is 0.503 e. The van der Waals surface area contributed by atoms with Crippen molar-refractivity contribution in [3.8, 4) is 17.5 Å². The predicted molar refractivity (Wildman–Crippen MR) is 118 cm³/mol. The first-order chi connectivity index (χ1) is 14.7. The number of rotatable bonds is 6. The van der Waals surface area contributed by atoms with Gasteiger partial charge in [-0.25, -0.2) is 4.99 Å². The highest BCUT2D eigenvalue weighted by molar-refractivity contribution is 6.03. The molecule has 1 amide bonds. The van der Waals surface area contributed by atoms with Crippen LogP contribution in [-0.2, 0) is 14.1 Å². The van der Waals surface area contributed by atoms with Crippen molar-refractivity contribution in [1.29, 1.82) is 0 Å². The molecule has 0 aliphatic rings. The first-order valence-corrected chi connectivity index (χ1v) is 9.65. The number of aromatic hydroxyl groups is 3. The van der Waals surface area contributed by atoms with Crippen LogP contribution in [0.5, 0.6) is 17.5 Å². The molecule has 0 radical (unpaired) electrons. The average Bonchev–Trinajstić information content (AvgIpc) is 3.14. The van der Waals surface area contributed by atoms with Gasteiger partial charge < -0.3 is 25.5 Å². The number of aliphatic imine (C=N–C) groups is 1. The number of aryl methyl sites for hydroxylation is 1. The van der Waals surface area contributed by atoms with Crippen molar-refractivity contribution in [3.63, 3.8) is 0 Å². The van der Waals surface area contributed by atoms with Gasteiger partial charge in [-0.1, -0.05) is 37.3 Å². The number of nitrogens with one attached hydrogen (secondary N) is 1. The van der Waals surface area contributed by atoms with Crippen LogP contribution in [0.25, 0.3) is 0 Å². The van der Waals surface area contributed by atoms with Crippen LogP contribution in [0.1, 0.15) is 29.4 Å². The minimum atomic E-state index is -0.434. The molecular weight excluding hydrogens is 400 g/mol. The van der Waals surface area contributed by atoms with Crippen LogP contribution in [0, 0.1) is 0 Å². The highest BCUT2D eigenvalue weighted by atomic mass is 16.3. The van der Waals surface area contributed by atoms with Gasteiger partial charge in [-0.2, -0.15) is 5.10 Å². The van der Waals surface area contributed by atoms with Crippen LogP contribution >= 0.6 is 0 Å². The number of nitrogens with zero attached hydrogens (tertiary/aromatic N) is 5. The van der Waals surface area contributed by atoms with Crippen molar-refractivity contribution in [2.75, 3.05) is 19.4 Å². The zero-order valence-corrected chi connectivity index (χ0v) is 18.1. The van der Waals surface area contributed by atoms with E-state index >= 15 is 0 Å². The van der Waals surface area contributed by atoms with Crippen LogP contribution in [0.2, 0.25) is 0 Å². The number of carbonyl (C=O) groups is 1. The summed E-state index contributed by atoms with van der Waals surface area (Å²) in [4.78, 5) is 18.2. The molecule has 0 unspecified atom stereocenters. The van der Waals surface area contributed by atoms with Gasteiger partial charge in [-0.05, 0) is 12.0 Å². The number of anilines is 2. The van der Waals surface area contributed by atoms with Crippen LogP contribution in [-0.4, -0.2) is 60.3 Å². The van der Waals surface area contributed by atoms with Crippen molar-refractivity contribution in [1.82, 2.24) is 19.2 Å². The lowest BCUT2D eigenvalue weighted by Gasteiger charge is -2.10. The zero-order valence-electron chi connectivity index (χ0n) is 18.1. The normalized spacial score (nSPS) is 11.6. The Morgan fingerprint density at radius 1 is 1.13 bits per heavy atom. The van der Waals surface area contributed by atoms with Gasteiger partial charge in [0.1, 0.15) is 5.69 Å². The first-order valence-electron chi connectivity index (χ1n) is 9.65. The summed E-state index contributed by atoms with van der Waals surface area (Å²) < 4.78 is 2.40. The first kappa shape index (κ1) is 21.8. The highest BCUT2D eigenvalue weighted by Crippen LogP contribution is 2.47. The summed E-state index contributed by atoms with van der Waals surface area (Å²) in [5, 5.41) is 38.7. The molecular formula is C21H26N6O4. The van der Waals surface area contributed by atoms with E-state index in [4.69, 9.17) is 0 Å². The second-order valence-electron chi connectivity index (χ2n) is 7.20. The molecule has 0 bridgehead atoms. The van der Waals surface area contributed by atoms with Crippen LogP contribution < -0.4 is 5.32 Å². The molecule has 0 aliphatic carbocycles. The van der Waals surface area contributed by atoms with E-state index in [0.29, 0.717) is 12.1 Å². The molecule has 2 heterocycles. The van der Waals surface area contributed by atoms with Crippen molar-refractivity contribution >= 4 is 28.8 Å². The summed E-state index contributed by atoms with van der Waals surface area (Å²) in [6.07, 6.45) is 0.578. The average molecular weight is 426 g/mol. The number of benzene rings is 1. The van der Waals surface area contributed by atoms with Gasteiger partial charge in [0.15, 0.2) is 22.9 Å². The molecule has 3 rings (SSSR count). The van der Waals surface area contributed by atoms with E-state index in [1.54, 1.807) is 14.1 Å². The third-order valence-electron chi connectivity index (χ3n) is 4.87. The third-order valence-corrected chi connectivity index (χ3v) is 4.87. The standard InChI is InChI=1S/C21H26N6O4/c1-6-13(12-10-8-7-9-11-12)22-14-15(20(30)26(4)19(14)29)23-18-17(28)16(27(5)24-18)21(31)25(2)3/h7-11,28-30H,6H2,1-5H3,(H,23,24). The maximum absolute atomic E-state index is 12.3. The molecule has 0 aliphatic heterocycles. The van der Waals surface area contributed by atoms with E-state index in [2.05, 4.69) is 15.4 Å². The Kier molecular flexibility index (Phi) is 5.91. The van der Waals surface area contributed by atoms with Crippen LogP contribution in [0.3, 0.4) is 0 Å². The number of amides is 1. The molecule has 0 atom stereocenters. The fourth-order valence-electron chi connectivity index (χ4n) is 3.15. The summed E-state index contributed by atoms with van der Waals surface area (Å²) in [7, 11) is 6.12. The monoisotopic (exact) mass is 426 g/mol. The molecule has 0 saturated carbocycles. The summed E-state index contributed by atoms with van der Waals surface area (Å²) >= 11 is 0. The second kappa shape index (κ2) is 8.42. The topological polar surface area (TPSA) is 128 Å². The molecule has 0 spiro atoms. The Morgan fingerprint density at radius 2 is 1.77 bits per heavy atom. The lowest BCUT2D eigenvalue weighted by Crippen LogP contribution is -2.24. The van der Waals surface area contributed by atoms with E-state index in [1.807, 2.05) is 37.3 Å². The van der Waals surface area contributed by atoms with Gasteiger partial charge in [0.05, 0.1) is 0 Å². The van der Waals surface area contributed by atoms with Crippen LogP contribution in [0.15, 0.2) is 35.3 Å². The molecule has 10 heteroatoms. The van der Waals surface area contributed by atoms with E-state index in [-0.39, 0.29) is 40.4 Å². The lowest BCUT2D eigenvalue weighted by molar-refractivity contribution is 0.0814. The second-order valence-corrected chi connectivity index (χ2v) is 7.20. The van der Waals surface area contributed by atoms with Crippen molar-refractivity contribution in [2.45, 2.75) is 13.3 Å². The zero-order chi connectivity index (χ0) is 22.9. The number of carbonyl (C=O) groups excluding carboxylic acids is 1.